The van der Waals surface area contributed by atoms with Gasteiger partial charge in [-0.15, -0.1) is 0 Å². The lowest BCUT2D eigenvalue weighted by Crippen LogP contribution is -2.28. The maximum atomic E-state index is 11.8. The van der Waals surface area contributed by atoms with Gasteiger partial charge in [-0.2, -0.15) is 5.10 Å². The molecule has 0 unspecified atom stereocenters. The third kappa shape index (κ3) is 6.15. The monoisotopic (exact) mass is 336 g/mol. The Morgan fingerprint density at radius 3 is 2.38 bits per heavy atom. The van der Waals surface area contributed by atoms with Crippen LogP contribution >= 0.6 is 0 Å². The third-order valence-corrected chi connectivity index (χ3v) is 3.08. The summed E-state index contributed by atoms with van der Waals surface area (Å²) >= 11 is 0. The molecule has 0 fully saturated rings. The number of ether oxygens (including phenoxy) is 2. The van der Waals surface area contributed by atoms with Gasteiger partial charge in [-0.1, -0.05) is 0 Å². The van der Waals surface area contributed by atoms with Crippen molar-refractivity contribution in [1.82, 2.24) is 0 Å². The molecule has 8 nitrogen and oxygen atoms in total. The summed E-state index contributed by atoms with van der Waals surface area (Å²) in [5.41, 5.74) is 15.8. The molecule has 24 heavy (non-hydrogen) atoms. The Balaban J connectivity index is 2.54. The number of nitrogen functional groups attached to an aromatic ring is 2. The number of nitrogens with one attached hydrogen (secondary N) is 1. The number of hydrogen-bond acceptors (Lipinski definition) is 8. The molecule has 0 amide bonds. The van der Waals surface area contributed by atoms with Gasteiger partial charge >= 0.3 is 11.9 Å². The van der Waals surface area contributed by atoms with Crippen LogP contribution in [0.15, 0.2) is 23.3 Å². The van der Waals surface area contributed by atoms with Gasteiger partial charge in [0.1, 0.15) is 0 Å². The Bertz CT molecular complexity index is 571. The summed E-state index contributed by atoms with van der Waals surface area (Å²) in [7, 11) is 0. The molecule has 5 N–H and O–H groups in total. The number of carbonyl (C=O) groups excluding carboxylic acids is 2. The van der Waals surface area contributed by atoms with Gasteiger partial charge in [0.2, 0.25) is 0 Å². The van der Waals surface area contributed by atoms with E-state index in [1.165, 1.54) is 0 Å². The zero-order valence-corrected chi connectivity index (χ0v) is 14.0. The molecule has 0 heterocycles. The van der Waals surface area contributed by atoms with E-state index in [1.807, 2.05) is 0 Å². The summed E-state index contributed by atoms with van der Waals surface area (Å²) in [5.74, 6) is -2.11. The lowest BCUT2D eigenvalue weighted by Gasteiger charge is -2.13. The van der Waals surface area contributed by atoms with E-state index < -0.39 is 17.9 Å². The van der Waals surface area contributed by atoms with Gasteiger partial charge in [-0.3, -0.25) is 15.0 Å². The van der Waals surface area contributed by atoms with Crippen LogP contribution < -0.4 is 16.9 Å². The van der Waals surface area contributed by atoms with Crippen molar-refractivity contribution in [3.8, 4) is 0 Å². The predicted molar refractivity (Wildman–Crippen MR) is 93.4 cm³/mol. The van der Waals surface area contributed by atoms with Crippen molar-refractivity contribution in [3.05, 3.63) is 18.2 Å². The van der Waals surface area contributed by atoms with Crippen molar-refractivity contribution in [2.45, 2.75) is 26.7 Å². The summed E-state index contributed by atoms with van der Waals surface area (Å²) in [6.45, 7) is 3.78. The zero-order chi connectivity index (χ0) is 17.9. The molecular formula is C16H24N4O4. The van der Waals surface area contributed by atoms with Gasteiger partial charge in [-0.05, 0) is 44.9 Å². The molecule has 1 aromatic rings. The Morgan fingerprint density at radius 1 is 1.21 bits per heavy atom. The molecule has 0 radical (unpaired) electrons. The highest BCUT2D eigenvalue weighted by Gasteiger charge is 2.28. The molecule has 0 aliphatic carbocycles. The van der Waals surface area contributed by atoms with Gasteiger partial charge in [-0.25, -0.2) is 0 Å². The van der Waals surface area contributed by atoms with E-state index in [2.05, 4.69) is 10.5 Å². The standard InChI is InChI=1S/C16H24N4O4/c1-3-23-15(21)12(16(22)24-4-2)6-5-9-19-20-14-8-7-11(17)10-13(14)18/h7-10,12,20H,3-6,17-18H2,1-2H3. The lowest BCUT2D eigenvalue weighted by atomic mass is 10.0. The van der Waals surface area contributed by atoms with Crippen LogP contribution in [0.4, 0.5) is 17.1 Å². The second-order valence-electron chi connectivity index (χ2n) is 4.90. The Hall–Kier alpha value is -2.77. The van der Waals surface area contributed by atoms with Gasteiger partial charge < -0.3 is 20.9 Å². The summed E-state index contributed by atoms with van der Waals surface area (Å²) in [6.07, 6.45) is 2.20. The number of anilines is 3. The second-order valence-corrected chi connectivity index (χ2v) is 4.90. The molecule has 1 rings (SSSR count). The second kappa shape index (κ2) is 10.1. The number of hydrazone groups is 1. The van der Waals surface area contributed by atoms with Crippen LogP contribution in [0.5, 0.6) is 0 Å². The highest BCUT2D eigenvalue weighted by Crippen LogP contribution is 2.20. The number of benzene rings is 1. The van der Waals surface area contributed by atoms with Gasteiger partial charge in [0, 0.05) is 11.9 Å². The summed E-state index contributed by atoms with van der Waals surface area (Å²) in [6, 6.07) is 5.03. The van der Waals surface area contributed by atoms with Crippen molar-refractivity contribution in [1.29, 1.82) is 0 Å². The minimum atomic E-state index is -0.946. The number of hydrogen-bond donors (Lipinski definition) is 3. The SMILES string of the molecule is CCOC(=O)C(CCC=NNc1ccc(N)cc1N)C(=O)OCC. The first-order chi connectivity index (χ1) is 11.5. The van der Waals surface area contributed by atoms with Crippen LogP contribution in [-0.4, -0.2) is 31.4 Å². The van der Waals surface area contributed by atoms with Crippen LogP contribution in [0.1, 0.15) is 26.7 Å². The highest BCUT2D eigenvalue weighted by atomic mass is 16.6. The minimum absolute atomic E-state index is 0.209. The molecule has 0 saturated carbocycles. The smallest absolute Gasteiger partial charge is 0.320 e. The molecule has 132 valence electrons. The average Bonchev–Trinajstić information content (AvgIpc) is 2.52. The van der Waals surface area contributed by atoms with Crippen molar-refractivity contribution >= 4 is 35.2 Å². The third-order valence-electron chi connectivity index (χ3n) is 3.08. The molecular weight excluding hydrogens is 312 g/mol. The predicted octanol–water partition coefficient (Wildman–Crippen LogP) is 1.77. The summed E-state index contributed by atoms with van der Waals surface area (Å²) < 4.78 is 9.79. The molecule has 0 aliphatic heterocycles. The van der Waals surface area contributed by atoms with E-state index in [0.29, 0.717) is 23.5 Å². The molecule has 0 saturated heterocycles. The van der Waals surface area contributed by atoms with Crippen LogP contribution in [0.3, 0.4) is 0 Å². The summed E-state index contributed by atoms with van der Waals surface area (Å²) in [4.78, 5) is 23.6. The Kier molecular flexibility index (Phi) is 8.10. The first kappa shape index (κ1) is 19.3. The van der Waals surface area contributed by atoms with E-state index in [9.17, 15) is 9.59 Å². The normalized spacial score (nSPS) is 10.8. The zero-order valence-electron chi connectivity index (χ0n) is 14.0. The van der Waals surface area contributed by atoms with Gasteiger partial charge in [0.05, 0.1) is 24.6 Å². The average molecular weight is 336 g/mol. The number of nitrogens with zero attached hydrogens (tertiary/aromatic N) is 1. The number of rotatable bonds is 9. The summed E-state index contributed by atoms with van der Waals surface area (Å²) in [5, 5.41) is 4.01. The quantitative estimate of drug-likeness (QED) is 0.206. The van der Waals surface area contributed by atoms with E-state index in [1.54, 1.807) is 38.3 Å². The minimum Gasteiger partial charge on any atom is -0.465 e. The van der Waals surface area contributed by atoms with Crippen LogP contribution in [0, 0.1) is 5.92 Å². The van der Waals surface area contributed by atoms with E-state index in [0.717, 1.165) is 0 Å². The maximum absolute atomic E-state index is 11.8. The largest absolute Gasteiger partial charge is 0.465 e. The molecule has 0 aromatic heterocycles. The van der Waals surface area contributed by atoms with Crippen LogP contribution in [-0.2, 0) is 19.1 Å². The fourth-order valence-electron chi connectivity index (χ4n) is 1.92. The Labute approximate surface area is 141 Å². The molecule has 0 spiro atoms. The number of esters is 2. The first-order valence-corrected chi connectivity index (χ1v) is 7.75. The van der Waals surface area contributed by atoms with Crippen LogP contribution in [0.2, 0.25) is 0 Å². The van der Waals surface area contributed by atoms with Crippen molar-refractivity contribution in [2.75, 3.05) is 30.1 Å². The number of carbonyl (C=O) groups is 2. The molecule has 0 aliphatic rings. The fourth-order valence-corrected chi connectivity index (χ4v) is 1.92. The number of nitrogens with two attached hydrogens (primary N) is 2. The maximum Gasteiger partial charge on any atom is 0.320 e. The van der Waals surface area contributed by atoms with Crippen molar-refractivity contribution in [2.24, 2.45) is 11.0 Å². The first-order valence-electron chi connectivity index (χ1n) is 7.75. The Morgan fingerprint density at radius 2 is 1.83 bits per heavy atom. The van der Waals surface area contributed by atoms with Crippen LogP contribution in [0.25, 0.3) is 0 Å². The molecule has 0 atom stereocenters. The lowest BCUT2D eigenvalue weighted by molar-refractivity contribution is -0.161. The fraction of sp³-hybridized carbons (Fsp3) is 0.438. The van der Waals surface area contributed by atoms with Gasteiger partial charge in [0.25, 0.3) is 0 Å². The van der Waals surface area contributed by atoms with E-state index >= 15 is 0 Å². The van der Waals surface area contributed by atoms with Crippen molar-refractivity contribution in [3.63, 3.8) is 0 Å². The molecule has 1 aromatic carbocycles. The highest BCUT2D eigenvalue weighted by molar-refractivity contribution is 5.95. The molecule has 0 bridgehead atoms. The van der Waals surface area contributed by atoms with E-state index in [4.69, 9.17) is 20.9 Å². The molecule has 8 heteroatoms. The van der Waals surface area contributed by atoms with Crippen molar-refractivity contribution < 1.29 is 19.1 Å². The van der Waals surface area contributed by atoms with E-state index in [-0.39, 0.29) is 19.6 Å². The van der Waals surface area contributed by atoms with Gasteiger partial charge in [0.15, 0.2) is 5.92 Å². The topological polar surface area (TPSA) is 129 Å².